The van der Waals surface area contributed by atoms with Crippen LogP contribution in [0.3, 0.4) is 0 Å². The Morgan fingerprint density at radius 3 is 2.48 bits per heavy atom. The van der Waals surface area contributed by atoms with Gasteiger partial charge in [-0.2, -0.15) is 10.2 Å². The molecule has 6 nitrogen and oxygen atoms in total. The second kappa shape index (κ2) is 8.20. The molecule has 0 saturated carbocycles. The molecular weight excluding hydrogens is 384 g/mol. The van der Waals surface area contributed by atoms with Gasteiger partial charge in [-0.15, -0.1) is 11.3 Å². The van der Waals surface area contributed by atoms with Crippen LogP contribution in [0.1, 0.15) is 27.9 Å². The van der Waals surface area contributed by atoms with Crippen molar-refractivity contribution in [1.82, 2.24) is 15.2 Å². The Labute approximate surface area is 171 Å². The Kier molecular flexibility index (Phi) is 5.31. The molecule has 0 radical (unpaired) electrons. The van der Waals surface area contributed by atoms with E-state index in [2.05, 4.69) is 15.6 Å². The van der Waals surface area contributed by atoms with E-state index in [-0.39, 0.29) is 17.8 Å². The first-order valence-corrected chi connectivity index (χ1v) is 9.94. The van der Waals surface area contributed by atoms with Gasteiger partial charge in [-0.05, 0) is 30.0 Å². The van der Waals surface area contributed by atoms with Gasteiger partial charge >= 0.3 is 0 Å². The van der Waals surface area contributed by atoms with Crippen molar-refractivity contribution < 1.29 is 4.79 Å². The summed E-state index contributed by atoms with van der Waals surface area (Å²) in [6.07, 6.45) is 0. The molecule has 0 bridgehead atoms. The van der Waals surface area contributed by atoms with Crippen molar-refractivity contribution in [1.29, 1.82) is 0 Å². The first-order chi connectivity index (χ1) is 14.1. The molecule has 0 saturated heterocycles. The van der Waals surface area contributed by atoms with Crippen molar-refractivity contribution in [2.24, 2.45) is 5.10 Å². The summed E-state index contributed by atoms with van der Waals surface area (Å²) < 4.78 is 1.32. The van der Waals surface area contributed by atoms with Crippen molar-refractivity contribution in [2.45, 2.75) is 13.5 Å². The molecule has 29 heavy (non-hydrogen) atoms. The molecule has 7 heteroatoms. The quantitative estimate of drug-likeness (QED) is 0.409. The Hall–Kier alpha value is -3.58. The van der Waals surface area contributed by atoms with E-state index in [1.165, 1.54) is 4.68 Å². The van der Waals surface area contributed by atoms with Crippen LogP contribution in [0.25, 0.3) is 10.8 Å². The second-order valence-corrected chi connectivity index (χ2v) is 7.41. The number of fused-ring (bicyclic) bond motifs is 1. The Morgan fingerprint density at radius 1 is 1.03 bits per heavy atom. The number of carbonyl (C=O) groups is 1. The summed E-state index contributed by atoms with van der Waals surface area (Å²) in [5.74, 6) is -0.459. The van der Waals surface area contributed by atoms with Crippen LogP contribution in [0.2, 0.25) is 0 Å². The van der Waals surface area contributed by atoms with Crippen LogP contribution < -0.4 is 11.0 Å². The zero-order valence-corrected chi connectivity index (χ0v) is 16.5. The van der Waals surface area contributed by atoms with Gasteiger partial charge in [-0.1, -0.05) is 54.6 Å². The summed E-state index contributed by atoms with van der Waals surface area (Å²) in [5, 5.41) is 11.4. The van der Waals surface area contributed by atoms with Crippen LogP contribution in [0.15, 0.2) is 82.0 Å². The van der Waals surface area contributed by atoms with Gasteiger partial charge in [0.25, 0.3) is 11.5 Å². The van der Waals surface area contributed by atoms with Gasteiger partial charge in [0.2, 0.25) is 0 Å². The van der Waals surface area contributed by atoms with E-state index in [1.807, 2.05) is 54.8 Å². The predicted octanol–water partition coefficient (Wildman–Crippen LogP) is 3.66. The summed E-state index contributed by atoms with van der Waals surface area (Å²) in [6, 6.07) is 20.4. The van der Waals surface area contributed by atoms with Gasteiger partial charge in [0.05, 0.1) is 17.6 Å². The lowest BCUT2D eigenvalue weighted by Crippen LogP contribution is -2.29. The van der Waals surface area contributed by atoms with Gasteiger partial charge in [0, 0.05) is 10.3 Å². The fraction of sp³-hybridized carbons (Fsp3) is 0.0909. The van der Waals surface area contributed by atoms with Gasteiger partial charge in [-0.25, -0.2) is 10.1 Å². The Bertz CT molecular complexity index is 1250. The highest BCUT2D eigenvalue weighted by molar-refractivity contribution is 7.12. The molecule has 1 amide bonds. The molecule has 2 heterocycles. The average molecular weight is 402 g/mol. The normalized spacial score (nSPS) is 11.6. The standard InChI is InChI=1S/C22H18N4O2S/c1-15(19-12-7-13-29-19)23-24-21(27)20-17-10-5-6-11-18(17)22(28)26(25-20)14-16-8-3-2-4-9-16/h2-13H,14H2,1H3,(H,24,27)/b23-15-. The Balaban J connectivity index is 1.73. The number of carbonyl (C=O) groups excluding carboxylic acids is 1. The minimum atomic E-state index is -0.459. The highest BCUT2D eigenvalue weighted by Crippen LogP contribution is 2.14. The maximum Gasteiger partial charge on any atom is 0.292 e. The van der Waals surface area contributed by atoms with Crippen molar-refractivity contribution in [2.75, 3.05) is 0 Å². The summed E-state index contributed by atoms with van der Waals surface area (Å²) in [6.45, 7) is 2.11. The van der Waals surface area contributed by atoms with Gasteiger partial charge < -0.3 is 0 Å². The first kappa shape index (κ1) is 18.8. The van der Waals surface area contributed by atoms with Gasteiger partial charge in [-0.3, -0.25) is 9.59 Å². The van der Waals surface area contributed by atoms with Crippen molar-refractivity contribution >= 4 is 33.7 Å². The van der Waals surface area contributed by atoms with Crippen LogP contribution in [0.5, 0.6) is 0 Å². The molecule has 0 aliphatic rings. The number of benzene rings is 2. The highest BCUT2D eigenvalue weighted by Gasteiger charge is 2.16. The zero-order valence-electron chi connectivity index (χ0n) is 15.7. The molecule has 4 rings (SSSR count). The van der Waals surface area contributed by atoms with Crippen LogP contribution in [-0.4, -0.2) is 21.4 Å². The molecule has 0 atom stereocenters. The van der Waals surface area contributed by atoms with Crippen molar-refractivity contribution in [3.05, 3.63) is 98.6 Å². The summed E-state index contributed by atoms with van der Waals surface area (Å²) in [7, 11) is 0. The van der Waals surface area contributed by atoms with E-state index < -0.39 is 5.91 Å². The molecule has 0 fully saturated rings. The maximum absolute atomic E-state index is 12.9. The number of nitrogens with zero attached hydrogens (tertiary/aromatic N) is 3. The van der Waals surface area contributed by atoms with Crippen LogP contribution in [-0.2, 0) is 6.54 Å². The van der Waals surface area contributed by atoms with E-state index >= 15 is 0 Å². The molecule has 0 aliphatic carbocycles. The largest absolute Gasteiger partial charge is 0.292 e. The highest BCUT2D eigenvalue weighted by atomic mass is 32.1. The van der Waals surface area contributed by atoms with E-state index in [0.717, 1.165) is 10.4 Å². The number of nitrogens with one attached hydrogen (secondary N) is 1. The minimum Gasteiger partial charge on any atom is -0.267 e. The molecule has 2 aromatic heterocycles. The third-order valence-corrected chi connectivity index (χ3v) is 5.44. The monoisotopic (exact) mass is 402 g/mol. The summed E-state index contributed by atoms with van der Waals surface area (Å²) >= 11 is 1.54. The molecule has 144 valence electrons. The van der Waals surface area contributed by atoms with Crippen molar-refractivity contribution in [3.63, 3.8) is 0 Å². The second-order valence-electron chi connectivity index (χ2n) is 6.46. The number of aromatic nitrogens is 2. The fourth-order valence-electron chi connectivity index (χ4n) is 2.99. The molecule has 1 N–H and O–H groups in total. The van der Waals surface area contributed by atoms with Gasteiger partial charge in [0.1, 0.15) is 0 Å². The van der Waals surface area contributed by atoms with E-state index in [9.17, 15) is 9.59 Å². The molecule has 0 aliphatic heterocycles. The smallest absolute Gasteiger partial charge is 0.267 e. The topological polar surface area (TPSA) is 76.3 Å². The summed E-state index contributed by atoms with van der Waals surface area (Å²) in [4.78, 5) is 26.7. The first-order valence-electron chi connectivity index (χ1n) is 9.06. The third kappa shape index (κ3) is 4.00. The predicted molar refractivity (Wildman–Crippen MR) is 116 cm³/mol. The number of amides is 1. The molecular formula is C22H18N4O2S. The average Bonchev–Trinajstić information content (AvgIpc) is 3.30. The number of hydrogen-bond donors (Lipinski definition) is 1. The van der Waals surface area contributed by atoms with E-state index in [4.69, 9.17) is 0 Å². The molecule has 0 unspecified atom stereocenters. The Morgan fingerprint density at radius 2 is 1.76 bits per heavy atom. The van der Waals surface area contributed by atoms with E-state index in [1.54, 1.807) is 35.6 Å². The lowest BCUT2D eigenvalue weighted by atomic mass is 10.1. The van der Waals surface area contributed by atoms with Crippen LogP contribution in [0, 0.1) is 0 Å². The lowest BCUT2D eigenvalue weighted by Gasteiger charge is -2.10. The fourth-order valence-corrected chi connectivity index (χ4v) is 3.67. The SMILES string of the molecule is C/C(=N/NC(=O)c1nn(Cc2ccccc2)c(=O)c2ccccc12)c1cccs1. The minimum absolute atomic E-state index is 0.166. The summed E-state index contributed by atoms with van der Waals surface area (Å²) in [5.41, 5.74) is 4.13. The number of rotatable bonds is 5. The third-order valence-electron chi connectivity index (χ3n) is 4.46. The van der Waals surface area contributed by atoms with Crippen molar-refractivity contribution in [3.8, 4) is 0 Å². The zero-order chi connectivity index (χ0) is 20.2. The molecule has 4 aromatic rings. The lowest BCUT2D eigenvalue weighted by molar-refractivity contribution is 0.0949. The maximum atomic E-state index is 12.9. The molecule has 0 spiro atoms. The van der Waals surface area contributed by atoms with E-state index in [0.29, 0.717) is 16.5 Å². The number of hydrazone groups is 1. The number of hydrogen-bond acceptors (Lipinski definition) is 5. The van der Waals surface area contributed by atoms with Gasteiger partial charge in [0.15, 0.2) is 5.69 Å². The molecule has 2 aromatic carbocycles. The van der Waals surface area contributed by atoms with Crippen LogP contribution >= 0.6 is 11.3 Å². The number of thiophene rings is 1. The van der Waals surface area contributed by atoms with Crippen LogP contribution in [0.4, 0.5) is 0 Å².